The zero-order valence-corrected chi connectivity index (χ0v) is 18.7. The van der Waals surface area contributed by atoms with Gasteiger partial charge in [0.25, 0.3) is 0 Å². The summed E-state index contributed by atoms with van der Waals surface area (Å²) in [6, 6.07) is 8.27. The Kier molecular flexibility index (Phi) is 6.06. The second-order valence-corrected chi connectivity index (χ2v) is 10.3. The lowest BCUT2D eigenvalue weighted by Gasteiger charge is -2.38. The van der Waals surface area contributed by atoms with E-state index in [1.54, 1.807) is 13.8 Å². The fourth-order valence-electron chi connectivity index (χ4n) is 4.82. The van der Waals surface area contributed by atoms with E-state index in [0.717, 1.165) is 43.6 Å². The van der Waals surface area contributed by atoms with Crippen LogP contribution in [0.3, 0.4) is 0 Å². The molecule has 2 fully saturated rings. The van der Waals surface area contributed by atoms with E-state index in [0.29, 0.717) is 22.9 Å². The zero-order chi connectivity index (χ0) is 21.3. The summed E-state index contributed by atoms with van der Waals surface area (Å²) in [7, 11) is -3.42. The number of nitrogens with one attached hydrogen (secondary N) is 1. The normalized spacial score (nSPS) is 24.2. The molecule has 164 valence electrons. The van der Waals surface area contributed by atoms with Gasteiger partial charge < -0.3 is 9.47 Å². The summed E-state index contributed by atoms with van der Waals surface area (Å²) < 4.78 is 38.0. The molecule has 3 atom stereocenters. The first kappa shape index (κ1) is 21.2. The Balaban J connectivity index is 1.39. The van der Waals surface area contributed by atoms with Crippen molar-refractivity contribution in [2.24, 2.45) is 0 Å². The molecule has 2 aliphatic heterocycles. The lowest BCUT2D eigenvalue weighted by atomic mass is 10.0. The number of nitrogens with zero attached hydrogens (tertiary/aromatic N) is 2. The largest absolute Gasteiger partial charge is 0.494 e. The van der Waals surface area contributed by atoms with E-state index in [-0.39, 0.29) is 24.1 Å². The number of fused-ring (bicyclic) bond motifs is 2. The summed E-state index contributed by atoms with van der Waals surface area (Å²) in [5, 5.41) is 6.85. The molecule has 2 aliphatic rings. The number of benzene rings is 1. The molecule has 1 N–H and O–H groups in total. The van der Waals surface area contributed by atoms with Gasteiger partial charge in [-0.25, -0.2) is 8.42 Å². The molecule has 0 spiro atoms. The predicted octanol–water partition coefficient (Wildman–Crippen LogP) is 3.62. The standard InChI is InChI=1S/C22H31N3O4S/c1-4-11-28-19-7-9-20(10-8-19)29-21-12-17-5-6-18(13-21)25(17)14-30(26,27)22-15(2)23-24-16(22)3/h7-10,17-18,21H,4-6,11-14H2,1-3H3,(H,23,24)/t17-,18+,21?. The van der Waals surface area contributed by atoms with Crippen LogP contribution in [0.25, 0.3) is 0 Å². The number of hydrogen-bond donors (Lipinski definition) is 1. The Morgan fingerprint density at radius 2 is 1.73 bits per heavy atom. The summed E-state index contributed by atoms with van der Waals surface area (Å²) in [4.78, 5) is 2.52. The third-order valence-electron chi connectivity index (χ3n) is 6.13. The Morgan fingerprint density at radius 1 is 1.10 bits per heavy atom. The molecule has 30 heavy (non-hydrogen) atoms. The predicted molar refractivity (Wildman–Crippen MR) is 115 cm³/mol. The van der Waals surface area contributed by atoms with Gasteiger partial charge in [-0.1, -0.05) is 6.92 Å². The summed E-state index contributed by atoms with van der Waals surface area (Å²) in [6.45, 7) is 6.30. The van der Waals surface area contributed by atoms with Gasteiger partial charge in [-0.15, -0.1) is 0 Å². The van der Waals surface area contributed by atoms with E-state index in [4.69, 9.17) is 9.47 Å². The minimum Gasteiger partial charge on any atom is -0.494 e. The van der Waals surface area contributed by atoms with Gasteiger partial charge in [0.1, 0.15) is 28.4 Å². The molecule has 2 bridgehead atoms. The van der Waals surface area contributed by atoms with E-state index >= 15 is 0 Å². The Morgan fingerprint density at radius 3 is 2.30 bits per heavy atom. The van der Waals surface area contributed by atoms with Crippen LogP contribution in [-0.4, -0.2) is 54.2 Å². The maximum Gasteiger partial charge on any atom is 0.195 e. The maximum atomic E-state index is 13.1. The molecule has 0 radical (unpaired) electrons. The van der Waals surface area contributed by atoms with Crippen molar-refractivity contribution in [2.75, 3.05) is 12.5 Å². The van der Waals surface area contributed by atoms with Crippen LogP contribution in [0.5, 0.6) is 11.5 Å². The Bertz CT molecular complexity index is 937. The van der Waals surface area contributed by atoms with Crippen molar-refractivity contribution >= 4 is 9.84 Å². The van der Waals surface area contributed by atoms with Gasteiger partial charge >= 0.3 is 0 Å². The summed E-state index contributed by atoms with van der Waals surface area (Å²) >= 11 is 0. The smallest absolute Gasteiger partial charge is 0.195 e. The highest BCUT2D eigenvalue weighted by molar-refractivity contribution is 7.91. The lowest BCUT2D eigenvalue weighted by Crippen LogP contribution is -2.48. The van der Waals surface area contributed by atoms with Crippen molar-refractivity contribution < 1.29 is 17.9 Å². The van der Waals surface area contributed by atoms with Gasteiger partial charge in [0.15, 0.2) is 9.84 Å². The maximum absolute atomic E-state index is 13.1. The van der Waals surface area contributed by atoms with Gasteiger partial charge in [0.2, 0.25) is 0 Å². The fraction of sp³-hybridized carbons (Fsp3) is 0.591. The van der Waals surface area contributed by atoms with Crippen LogP contribution >= 0.6 is 0 Å². The first-order chi connectivity index (χ1) is 14.4. The van der Waals surface area contributed by atoms with Crippen LogP contribution < -0.4 is 9.47 Å². The number of ether oxygens (including phenoxy) is 2. The van der Waals surface area contributed by atoms with Crippen LogP contribution in [-0.2, 0) is 9.84 Å². The number of aryl methyl sites for hydroxylation is 2. The van der Waals surface area contributed by atoms with Crippen molar-refractivity contribution in [1.29, 1.82) is 0 Å². The summed E-state index contributed by atoms with van der Waals surface area (Å²) in [5.74, 6) is 1.75. The van der Waals surface area contributed by atoms with E-state index in [1.165, 1.54) is 0 Å². The van der Waals surface area contributed by atoms with E-state index in [2.05, 4.69) is 22.0 Å². The number of sulfone groups is 1. The average molecular weight is 434 g/mol. The Hall–Kier alpha value is -2.06. The number of H-pyrrole nitrogens is 1. The quantitative estimate of drug-likeness (QED) is 0.684. The molecule has 2 saturated heterocycles. The molecule has 1 unspecified atom stereocenters. The number of aromatic amines is 1. The molecule has 0 saturated carbocycles. The average Bonchev–Trinajstić information content (AvgIpc) is 3.15. The highest BCUT2D eigenvalue weighted by Crippen LogP contribution is 2.38. The minimum atomic E-state index is -3.42. The van der Waals surface area contributed by atoms with E-state index in [9.17, 15) is 8.42 Å². The molecular weight excluding hydrogens is 402 g/mol. The Labute approximate surface area is 178 Å². The number of hydrogen-bond acceptors (Lipinski definition) is 6. The van der Waals surface area contributed by atoms with Crippen LogP contribution in [0, 0.1) is 13.8 Å². The second kappa shape index (κ2) is 8.59. The lowest BCUT2D eigenvalue weighted by molar-refractivity contribution is 0.0608. The van der Waals surface area contributed by atoms with Crippen LogP contribution in [0.2, 0.25) is 0 Å². The SMILES string of the molecule is CCCOc1ccc(OC2C[C@H]3CC[C@@H](C2)N3CS(=O)(=O)c2c(C)n[nH]c2C)cc1. The number of aromatic nitrogens is 2. The van der Waals surface area contributed by atoms with Crippen molar-refractivity contribution in [2.45, 2.75) is 76.0 Å². The van der Waals surface area contributed by atoms with Crippen molar-refractivity contribution in [3.8, 4) is 11.5 Å². The summed E-state index contributed by atoms with van der Waals surface area (Å²) in [5.41, 5.74) is 1.16. The summed E-state index contributed by atoms with van der Waals surface area (Å²) in [6.07, 6.45) is 4.84. The van der Waals surface area contributed by atoms with Gasteiger partial charge in [-0.2, -0.15) is 5.10 Å². The van der Waals surface area contributed by atoms with Crippen molar-refractivity contribution in [1.82, 2.24) is 15.1 Å². The molecular formula is C22H31N3O4S. The number of rotatable bonds is 8. The molecule has 4 rings (SSSR count). The highest BCUT2D eigenvalue weighted by Gasteiger charge is 2.43. The first-order valence-corrected chi connectivity index (χ1v) is 12.4. The second-order valence-electron chi connectivity index (χ2n) is 8.44. The van der Waals surface area contributed by atoms with Crippen molar-refractivity contribution in [3.63, 3.8) is 0 Å². The number of piperidine rings is 1. The van der Waals surface area contributed by atoms with Crippen molar-refractivity contribution in [3.05, 3.63) is 35.7 Å². The van der Waals surface area contributed by atoms with Gasteiger partial charge in [0.05, 0.1) is 18.0 Å². The molecule has 1 aromatic heterocycles. The molecule has 2 aromatic rings. The molecule has 0 aliphatic carbocycles. The molecule has 1 aromatic carbocycles. The third kappa shape index (κ3) is 4.34. The van der Waals surface area contributed by atoms with Crippen LogP contribution in [0.1, 0.15) is 50.4 Å². The minimum absolute atomic E-state index is 0.0553. The molecule has 7 nitrogen and oxygen atoms in total. The molecule has 0 amide bonds. The van der Waals surface area contributed by atoms with Gasteiger partial charge in [0, 0.05) is 12.1 Å². The van der Waals surface area contributed by atoms with Gasteiger partial charge in [-0.3, -0.25) is 10.00 Å². The zero-order valence-electron chi connectivity index (χ0n) is 17.9. The third-order valence-corrected chi connectivity index (χ3v) is 7.99. The first-order valence-electron chi connectivity index (χ1n) is 10.8. The van der Waals surface area contributed by atoms with E-state index in [1.807, 2.05) is 24.3 Å². The monoisotopic (exact) mass is 433 g/mol. The highest BCUT2D eigenvalue weighted by atomic mass is 32.2. The van der Waals surface area contributed by atoms with Gasteiger partial charge in [-0.05, 0) is 70.2 Å². The van der Waals surface area contributed by atoms with Crippen LogP contribution in [0.15, 0.2) is 29.2 Å². The molecule has 3 heterocycles. The van der Waals surface area contributed by atoms with E-state index < -0.39 is 9.84 Å². The molecule has 8 heteroatoms. The van der Waals surface area contributed by atoms with Crippen LogP contribution in [0.4, 0.5) is 0 Å². The fourth-order valence-corrected chi connectivity index (χ4v) is 6.77. The topological polar surface area (TPSA) is 84.5 Å².